The summed E-state index contributed by atoms with van der Waals surface area (Å²) in [6, 6.07) is 0. The third-order valence-corrected chi connectivity index (χ3v) is 4.18. The number of hydrogen-bond acceptors (Lipinski definition) is 4. The zero-order chi connectivity index (χ0) is 18.4. The standard InChI is InChI=1S/C20H42O4/c1-8-21-19(22-9-2)18(20(23-10-3)24-11-4)15-17(7)14-12-13-16(5)6/h16-20H,8-15H2,1-7H3. The quantitative estimate of drug-likeness (QED) is 0.358. The molecule has 0 radical (unpaired) electrons. The Morgan fingerprint density at radius 2 is 1.04 bits per heavy atom. The summed E-state index contributed by atoms with van der Waals surface area (Å²) >= 11 is 0. The SMILES string of the molecule is CCOC(OCC)C(CC(C)CCCC(C)C)C(OCC)OCC. The minimum Gasteiger partial charge on any atom is -0.352 e. The van der Waals surface area contributed by atoms with E-state index in [-0.39, 0.29) is 18.5 Å². The van der Waals surface area contributed by atoms with Crippen molar-refractivity contribution in [2.75, 3.05) is 26.4 Å². The largest absolute Gasteiger partial charge is 0.352 e. The summed E-state index contributed by atoms with van der Waals surface area (Å²) in [5.74, 6) is 1.46. The Balaban J connectivity index is 4.91. The first-order valence-electron chi connectivity index (χ1n) is 9.96. The first-order chi connectivity index (χ1) is 11.5. The highest BCUT2D eigenvalue weighted by molar-refractivity contribution is 4.72. The van der Waals surface area contributed by atoms with E-state index in [1.54, 1.807) is 0 Å². The molecule has 4 heteroatoms. The van der Waals surface area contributed by atoms with E-state index < -0.39 is 0 Å². The first kappa shape index (κ1) is 23.8. The monoisotopic (exact) mass is 346 g/mol. The van der Waals surface area contributed by atoms with Crippen molar-refractivity contribution in [3.8, 4) is 0 Å². The van der Waals surface area contributed by atoms with Gasteiger partial charge in [-0.15, -0.1) is 0 Å². The van der Waals surface area contributed by atoms with Crippen molar-refractivity contribution in [2.45, 2.75) is 86.7 Å². The second-order valence-corrected chi connectivity index (χ2v) is 6.89. The van der Waals surface area contributed by atoms with Crippen LogP contribution in [-0.4, -0.2) is 39.0 Å². The van der Waals surface area contributed by atoms with Crippen molar-refractivity contribution < 1.29 is 18.9 Å². The maximum atomic E-state index is 5.88. The molecule has 0 aliphatic carbocycles. The molecular weight excluding hydrogens is 304 g/mol. The van der Waals surface area contributed by atoms with Crippen LogP contribution in [-0.2, 0) is 18.9 Å². The Labute approximate surface area is 150 Å². The van der Waals surface area contributed by atoms with Gasteiger partial charge in [-0.2, -0.15) is 0 Å². The summed E-state index contributed by atoms with van der Waals surface area (Å²) in [4.78, 5) is 0. The van der Waals surface area contributed by atoms with Crippen molar-refractivity contribution >= 4 is 0 Å². The van der Waals surface area contributed by atoms with E-state index >= 15 is 0 Å². The predicted octanol–water partition coefficient (Wildman–Crippen LogP) is 5.25. The molecule has 1 atom stereocenters. The van der Waals surface area contributed by atoms with Gasteiger partial charge in [0.1, 0.15) is 0 Å². The molecule has 0 fully saturated rings. The fourth-order valence-electron chi connectivity index (χ4n) is 3.06. The highest BCUT2D eigenvalue weighted by atomic mass is 16.7. The zero-order valence-electron chi connectivity index (χ0n) is 17.2. The van der Waals surface area contributed by atoms with Gasteiger partial charge in [0.25, 0.3) is 0 Å². The van der Waals surface area contributed by atoms with Gasteiger partial charge < -0.3 is 18.9 Å². The Kier molecular flexibility index (Phi) is 15.0. The molecule has 0 amide bonds. The fraction of sp³-hybridized carbons (Fsp3) is 1.00. The molecule has 0 aliphatic heterocycles. The Morgan fingerprint density at radius 1 is 0.625 bits per heavy atom. The van der Waals surface area contributed by atoms with E-state index in [1.807, 2.05) is 27.7 Å². The van der Waals surface area contributed by atoms with Gasteiger partial charge in [0, 0.05) is 26.4 Å². The lowest BCUT2D eigenvalue weighted by Gasteiger charge is -2.34. The maximum absolute atomic E-state index is 5.88. The molecule has 0 aromatic rings. The van der Waals surface area contributed by atoms with Crippen LogP contribution in [0.1, 0.15) is 74.1 Å². The van der Waals surface area contributed by atoms with Gasteiger partial charge >= 0.3 is 0 Å². The van der Waals surface area contributed by atoms with Crippen molar-refractivity contribution in [2.24, 2.45) is 17.8 Å². The smallest absolute Gasteiger partial charge is 0.165 e. The zero-order valence-corrected chi connectivity index (χ0v) is 17.2. The van der Waals surface area contributed by atoms with Crippen molar-refractivity contribution in [3.05, 3.63) is 0 Å². The molecule has 0 saturated heterocycles. The van der Waals surface area contributed by atoms with Gasteiger partial charge in [0.15, 0.2) is 12.6 Å². The van der Waals surface area contributed by atoms with Gasteiger partial charge in [0.05, 0.1) is 5.92 Å². The van der Waals surface area contributed by atoms with Crippen LogP contribution in [0.4, 0.5) is 0 Å². The van der Waals surface area contributed by atoms with Crippen LogP contribution in [0, 0.1) is 17.8 Å². The lowest BCUT2D eigenvalue weighted by molar-refractivity contribution is -0.250. The summed E-state index contributed by atoms with van der Waals surface area (Å²) in [6.07, 6.45) is 4.24. The minimum absolute atomic E-state index is 0.0962. The average molecular weight is 347 g/mol. The first-order valence-corrected chi connectivity index (χ1v) is 9.96. The molecule has 0 aliphatic rings. The van der Waals surface area contributed by atoms with E-state index in [4.69, 9.17) is 18.9 Å². The van der Waals surface area contributed by atoms with E-state index in [1.165, 1.54) is 19.3 Å². The molecule has 0 rings (SSSR count). The minimum atomic E-state index is -0.268. The summed E-state index contributed by atoms with van der Waals surface area (Å²) in [5.41, 5.74) is 0. The third-order valence-electron chi connectivity index (χ3n) is 4.18. The third kappa shape index (κ3) is 10.7. The van der Waals surface area contributed by atoms with Crippen LogP contribution in [0.15, 0.2) is 0 Å². The number of rotatable bonds is 16. The summed E-state index contributed by atoms with van der Waals surface area (Å²) < 4.78 is 23.5. The highest BCUT2D eigenvalue weighted by Gasteiger charge is 2.33. The second kappa shape index (κ2) is 15.1. The van der Waals surface area contributed by atoms with Gasteiger partial charge in [-0.25, -0.2) is 0 Å². The highest BCUT2D eigenvalue weighted by Crippen LogP contribution is 2.28. The molecule has 0 heterocycles. The van der Waals surface area contributed by atoms with Crippen molar-refractivity contribution in [3.63, 3.8) is 0 Å². The Bertz CT molecular complexity index is 242. The van der Waals surface area contributed by atoms with Crippen LogP contribution >= 0.6 is 0 Å². The molecular formula is C20H42O4. The maximum Gasteiger partial charge on any atom is 0.165 e. The topological polar surface area (TPSA) is 36.9 Å². The van der Waals surface area contributed by atoms with Gasteiger partial charge in [0.2, 0.25) is 0 Å². The molecule has 1 unspecified atom stereocenters. The van der Waals surface area contributed by atoms with Gasteiger partial charge in [-0.05, 0) is 46.0 Å². The van der Waals surface area contributed by atoms with Crippen LogP contribution in [0.3, 0.4) is 0 Å². The Hall–Kier alpha value is -0.160. The molecule has 0 saturated carbocycles. The molecule has 0 spiro atoms. The van der Waals surface area contributed by atoms with Crippen LogP contribution < -0.4 is 0 Å². The molecule has 0 aromatic heterocycles. The lowest BCUT2D eigenvalue weighted by atomic mass is 9.89. The molecule has 4 nitrogen and oxygen atoms in total. The van der Waals surface area contributed by atoms with Gasteiger partial charge in [-0.3, -0.25) is 0 Å². The molecule has 146 valence electrons. The lowest BCUT2D eigenvalue weighted by Crippen LogP contribution is -2.40. The molecule has 0 aromatic carbocycles. The van der Waals surface area contributed by atoms with E-state index in [9.17, 15) is 0 Å². The van der Waals surface area contributed by atoms with E-state index in [0.717, 1.165) is 12.3 Å². The van der Waals surface area contributed by atoms with Crippen LogP contribution in [0.25, 0.3) is 0 Å². The molecule has 0 N–H and O–H groups in total. The predicted molar refractivity (Wildman–Crippen MR) is 100 cm³/mol. The molecule has 0 bridgehead atoms. The summed E-state index contributed by atoms with van der Waals surface area (Å²) in [5, 5.41) is 0. The van der Waals surface area contributed by atoms with Crippen LogP contribution in [0.5, 0.6) is 0 Å². The number of ether oxygens (including phenoxy) is 4. The van der Waals surface area contributed by atoms with Gasteiger partial charge in [-0.1, -0.05) is 40.0 Å². The number of hydrogen-bond donors (Lipinski definition) is 0. The normalized spacial score (nSPS) is 13.6. The van der Waals surface area contributed by atoms with E-state index in [0.29, 0.717) is 32.3 Å². The second-order valence-electron chi connectivity index (χ2n) is 6.89. The van der Waals surface area contributed by atoms with E-state index in [2.05, 4.69) is 20.8 Å². The summed E-state index contributed by atoms with van der Waals surface area (Å²) in [6.45, 7) is 17.4. The van der Waals surface area contributed by atoms with Crippen LogP contribution in [0.2, 0.25) is 0 Å². The Morgan fingerprint density at radius 3 is 1.38 bits per heavy atom. The fourth-order valence-corrected chi connectivity index (χ4v) is 3.06. The average Bonchev–Trinajstić information content (AvgIpc) is 2.52. The summed E-state index contributed by atoms with van der Waals surface area (Å²) in [7, 11) is 0. The molecule has 24 heavy (non-hydrogen) atoms. The van der Waals surface area contributed by atoms with Crippen molar-refractivity contribution in [1.29, 1.82) is 0 Å². The van der Waals surface area contributed by atoms with Crippen molar-refractivity contribution in [1.82, 2.24) is 0 Å².